The van der Waals surface area contributed by atoms with Crippen LogP contribution >= 0.6 is 11.8 Å². The number of hydrogen-bond donors (Lipinski definition) is 3. The van der Waals surface area contributed by atoms with Gasteiger partial charge in [-0.2, -0.15) is 0 Å². The third-order valence-corrected chi connectivity index (χ3v) is 10.6. The van der Waals surface area contributed by atoms with Crippen LogP contribution in [0.5, 0.6) is 5.75 Å². The fourth-order valence-corrected chi connectivity index (χ4v) is 9.47. The van der Waals surface area contributed by atoms with Gasteiger partial charge in [-0.3, -0.25) is 14.4 Å². The van der Waals surface area contributed by atoms with E-state index >= 15 is 0 Å². The number of thioether (sulfide) groups is 1. The van der Waals surface area contributed by atoms with Gasteiger partial charge in [0.2, 0.25) is 17.7 Å². The zero-order chi connectivity index (χ0) is 28.5. The summed E-state index contributed by atoms with van der Waals surface area (Å²) in [6.45, 7) is 12.5. The molecule has 3 N–H and O–H groups in total. The Kier molecular flexibility index (Phi) is 8.91. The number of carbonyl (C=O) groups excluding carboxylic acids is 3. The van der Waals surface area contributed by atoms with E-state index in [1.165, 1.54) is 0 Å². The quantitative estimate of drug-likeness (QED) is 0.354. The third-order valence-electron chi connectivity index (χ3n) is 8.64. The maximum Gasteiger partial charge on any atom is 0.244 e. The number of rotatable bonds is 12. The molecule has 39 heavy (non-hydrogen) atoms. The number of fused-ring (bicyclic) bond motifs is 1. The zero-order valence-corrected chi connectivity index (χ0v) is 25.0. The van der Waals surface area contributed by atoms with Gasteiger partial charge in [0, 0.05) is 16.5 Å². The normalized spacial score (nSPS) is 30.8. The first-order valence-corrected chi connectivity index (χ1v) is 15.3. The molecule has 3 heterocycles. The van der Waals surface area contributed by atoms with E-state index in [0.717, 1.165) is 25.0 Å². The molecule has 3 aliphatic rings. The van der Waals surface area contributed by atoms with Crippen LogP contribution in [0.4, 0.5) is 5.69 Å². The highest BCUT2D eigenvalue weighted by Gasteiger charge is 2.77. The summed E-state index contributed by atoms with van der Waals surface area (Å²) in [6.07, 6.45) is 3.81. The average molecular weight is 560 g/mol. The molecular weight excluding hydrogens is 514 g/mol. The number of nitrogens with zero attached hydrogens (tertiary/aromatic N) is 1. The molecule has 3 unspecified atom stereocenters. The van der Waals surface area contributed by atoms with Crippen molar-refractivity contribution in [2.45, 2.75) is 101 Å². The minimum Gasteiger partial charge on any atom is -0.494 e. The molecular formula is C30H45N3O5S. The fraction of sp³-hybridized carbons (Fsp3) is 0.700. The van der Waals surface area contributed by atoms with E-state index < -0.39 is 33.4 Å². The standard InChI is InChI=1S/C30H45N3O5S/c1-7-9-19(5)31-27(36)25-30-15-14-29(6,39-30)23(24(30)28(37)33(25)21(17-34)16-18(3)4)26(35)32-20-10-12-22(13-11-20)38-8-2/h10-13,18-19,21,23-25,34H,7-9,14-17H2,1-6H3,(H,31,36)(H,32,35)/t19?,21-,23+,24+,25?,29-,30?/m1/s1. The molecule has 4 rings (SSSR count). The summed E-state index contributed by atoms with van der Waals surface area (Å²) in [5.74, 6) is -0.789. The van der Waals surface area contributed by atoms with Crippen molar-refractivity contribution in [2.24, 2.45) is 17.8 Å². The van der Waals surface area contributed by atoms with Crippen LogP contribution in [0.25, 0.3) is 0 Å². The molecule has 8 nitrogen and oxygen atoms in total. The third kappa shape index (κ3) is 5.41. The molecule has 0 aromatic heterocycles. The van der Waals surface area contributed by atoms with Crippen LogP contribution in [0.1, 0.15) is 73.6 Å². The SMILES string of the molecule is CCCC(C)NC(=O)C1N([C@@H](CO)CC(C)C)C(=O)[C@@H]2[C@@H](C(=O)Nc3ccc(OCC)cc3)[C@@]3(C)CCC12S3. The van der Waals surface area contributed by atoms with Crippen molar-refractivity contribution in [1.29, 1.82) is 0 Å². The summed E-state index contributed by atoms with van der Waals surface area (Å²) in [5.41, 5.74) is 0.645. The van der Waals surface area contributed by atoms with Crippen LogP contribution in [-0.4, -0.2) is 68.6 Å². The van der Waals surface area contributed by atoms with Crippen LogP contribution in [0.2, 0.25) is 0 Å². The lowest BCUT2D eigenvalue weighted by Crippen LogP contribution is -2.57. The monoisotopic (exact) mass is 559 g/mol. The lowest BCUT2D eigenvalue weighted by atomic mass is 9.66. The number of hydrogen-bond acceptors (Lipinski definition) is 6. The van der Waals surface area contributed by atoms with Crippen molar-refractivity contribution in [2.75, 3.05) is 18.5 Å². The highest BCUT2D eigenvalue weighted by atomic mass is 32.2. The maximum atomic E-state index is 14.3. The highest BCUT2D eigenvalue weighted by Crippen LogP contribution is 2.71. The van der Waals surface area contributed by atoms with E-state index in [9.17, 15) is 19.5 Å². The molecule has 2 bridgehead atoms. The number of ether oxygens (including phenoxy) is 1. The molecule has 9 heteroatoms. The topological polar surface area (TPSA) is 108 Å². The summed E-state index contributed by atoms with van der Waals surface area (Å²) in [7, 11) is 0. The largest absolute Gasteiger partial charge is 0.494 e. The predicted molar refractivity (Wildman–Crippen MR) is 155 cm³/mol. The average Bonchev–Trinajstić information content (AvgIpc) is 3.44. The Balaban J connectivity index is 1.69. The Morgan fingerprint density at radius 3 is 2.44 bits per heavy atom. The van der Waals surface area contributed by atoms with Gasteiger partial charge in [-0.15, -0.1) is 11.8 Å². The highest BCUT2D eigenvalue weighted by molar-refractivity contribution is 8.02. The molecule has 0 radical (unpaired) electrons. The number of likely N-dealkylation sites (tertiary alicyclic amines) is 1. The number of aliphatic hydroxyl groups excluding tert-OH is 1. The first-order valence-electron chi connectivity index (χ1n) is 14.5. The summed E-state index contributed by atoms with van der Waals surface area (Å²) in [4.78, 5) is 43.8. The van der Waals surface area contributed by atoms with Gasteiger partial charge in [0.05, 0.1) is 35.8 Å². The second-order valence-electron chi connectivity index (χ2n) is 12.1. The minimum atomic E-state index is -0.722. The molecule has 3 aliphatic heterocycles. The van der Waals surface area contributed by atoms with E-state index in [1.807, 2.05) is 26.0 Å². The Labute approximate surface area is 237 Å². The van der Waals surface area contributed by atoms with Gasteiger partial charge in [0.25, 0.3) is 0 Å². The van der Waals surface area contributed by atoms with Gasteiger partial charge in [0.15, 0.2) is 0 Å². The molecule has 3 saturated heterocycles. The van der Waals surface area contributed by atoms with E-state index in [-0.39, 0.29) is 36.3 Å². The zero-order valence-electron chi connectivity index (χ0n) is 24.2. The molecule has 3 fully saturated rings. The van der Waals surface area contributed by atoms with Crippen molar-refractivity contribution in [1.82, 2.24) is 10.2 Å². The number of benzene rings is 1. The van der Waals surface area contributed by atoms with E-state index in [2.05, 4.69) is 38.3 Å². The minimum absolute atomic E-state index is 0.0227. The van der Waals surface area contributed by atoms with Crippen LogP contribution in [0.3, 0.4) is 0 Å². The van der Waals surface area contributed by atoms with Crippen molar-refractivity contribution in [3.63, 3.8) is 0 Å². The van der Waals surface area contributed by atoms with Crippen molar-refractivity contribution < 1.29 is 24.2 Å². The second kappa shape index (κ2) is 11.7. The fourth-order valence-electron chi connectivity index (χ4n) is 7.13. The Hall–Kier alpha value is -2.26. The number of aliphatic hydroxyl groups is 1. The van der Waals surface area contributed by atoms with Crippen LogP contribution in [0.15, 0.2) is 24.3 Å². The Morgan fingerprint density at radius 2 is 1.85 bits per heavy atom. The summed E-state index contributed by atoms with van der Waals surface area (Å²) in [6, 6.07) is 6.02. The van der Waals surface area contributed by atoms with Crippen LogP contribution < -0.4 is 15.4 Å². The molecule has 0 saturated carbocycles. The van der Waals surface area contributed by atoms with Gasteiger partial charge in [-0.05, 0) is 76.6 Å². The number of nitrogens with one attached hydrogen (secondary N) is 2. The van der Waals surface area contributed by atoms with E-state index in [4.69, 9.17) is 4.74 Å². The number of amides is 3. The number of anilines is 1. The van der Waals surface area contributed by atoms with E-state index in [0.29, 0.717) is 25.1 Å². The molecule has 7 atom stereocenters. The van der Waals surface area contributed by atoms with Gasteiger partial charge in [-0.25, -0.2) is 0 Å². The van der Waals surface area contributed by atoms with Crippen molar-refractivity contribution >= 4 is 35.2 Å². The van der Waals surface area contributed by atoms with Crippen molar-refractivity contribution in [3.8, 4) is 5.75 Å². The lowest BCUT2D eigenvalue weighted by Gasteiger charge is -2.38. The van der Waals surface area contributed by atoms with Crippen LogP contribution in [0, 0.1) is 17.8 Å². The summed E-state index contributed by atoms with van der Waals surface area (Å²) >= 11 is 1.65. The van der Waals surface area contributed by atoms with Crippen molar-refractivity contribution in [3.05, 3.63) is 24.3 Å². The predicted octanol–water partition coefficient (Wildman–Crippen LogP) is 4.22. The smallest absolute Gasteiger partial charge is 0.244 e. The molecule has 1 aromatic rings. The van der Waals surface area contributed by atoms with Gasteiger partial charge in [-0.1, -0.05) is 27.2 Å². The molecule has 0 aliphatic carbocycles. The van der Waals surface area contributed by atoms with E-state index in [1.54, 1.807) is 28.8 Å². The molecule has 3 amide bonds. The number of carbonyl (C=O) groups is 3. The van der Waals surface area contributed by atoms with Gasteiger partial charge >= 0.3 is 0 Å². The lowest BCUT2D eigenvalue weighted by molar-refractivity contribution is -0.143. The molecule has 1 spiro atoms. The van der Waals surface area contributed by atoms with Gasteiger partial charge < -0.3 is 25.4 Å². The van der Waals surface area contributed by atoms with Gasteiger partial charge in [0.1, 0.15) is 11.8 Å². The molecule has 216 valence electrons. The Bertz CT molecular complexity index is 1070. The Morgan fingerprint density at radius 1 is 1.15 bits per heavy atom. The maximum absolute atomic E-state index is 14.3. The first-order chi connectivity index (χ1) is 18.5. The first kappa shape index (κ1) is 29.7. The van der Waals surface area contributed by atoms with Crippen LogP contribution in [-0.2, 0) is 14.4 Å². The summed E-state index contributed by atoms with van der Waals surface area (Å²) < 4.78 is 4.36. The summed E-state index contributed by atoms with van der Waals surface area (Å²) in [5, 5.41) is 16.6. The second-order valence-corrected chi connectivity index (χ2v) is 14.0. The molecule has 1 aromatic carbocycles.